The Morgan fingerprint density at radius 2 is 1.97 bits per heavy atom. The maximum Gasteiger partial charge on any atom is 0.228 e. The topological polar surface area (TPSA) is 114 Å². The van der Waals surface area contributed by atoms with Gasteiger partial charge in [-0.25, -0.2) is 10.4 Å². The third-order valence-corrected chi connectivity index (χ3v) is 7.88. The summed E-state index contributed by atoms with van der Waals surface area (Å²) in [6.07, 6.45) is 8.44. The van der Waals surface area contributed by atoms with E-state index in [1.54, 1.807) is 0 Å². The molecule has 5 atom stereocenters. The lowest BCUT2D eigenvalue weighted by Crippen LogP contribution is -2.59. The maximum absolute atomic E-state index is 13.5. The lowest BCUT2D eigenvalue weighted by molar-refractivity contribution is -0.151. The van der Waals surface area contributed by atoms with E-state index in [2.05, 4.69) is 44.4 Å². The van der Waals surface area contributed by atoms with Gasteiger partial charge >= 0.3 is 0 Å². The van der Waals surface area contributed by atoms with Crippen LogP contribution in [-0.2, 0) is 4.79 Å². The summed E-state index contributed by atoms with van der Waals surface area (Å²) in [7, 11) is 0. The number of rotatable bonds is 7. The Morgan fingerprint density at radius 3 is 2.66 bits per heavy atom. The second-order valence-corrected chi connectivity index (χ2v) is 11.2. The van der Waals surface area contributed by atoms with Gasteiger partial charge in [0, 0.05) is 53.8 Å². The highest BCUT2D eigenvalue weighted by molar-refractivity contribution is 5.91. The highest BCUT2D eigenvalue weighted by Gasteiger charge is 2.45. The lowest BCUT2D eigenvalue weighted by atomic mass is 9.78. The Hall–Kier alpha value is -2.49. The fourth-order valence-corrected chi connectivity index (χ4v) is 6.01. The fourth-order valence-electron chi connectivity index (χ4n) is 6.01. The number of nitrogens with one attached hydrogen (secondary N) is 4. The molecule has 5 heterocycles. The van der Waals surface area contributed by atoms with Crippen molar-refractivity contribution >= 4 is 28.4 Å². The van der Waals surface area contributed by atoms with Crippen LogP contribution in [0.25, 0.3) is 10.9 Å². The van der Waals surface area contributed by atoms with Crippen molar-refractivity contribution in [1.82, 2.24) is 25.7 Å². The molecule has 3 unspecified atom stereocenters. The van der Waals surface area contributed by atoms with Crippen LogP contribution in [0.1, 0.15) is 65.7 Å². The molecule has 35 heavy (non-hydrogen) atoms. The molecule has 5 N–H and O–H groups in total. The minimum atomic E-state index is -0.535. The van der Waals surface area contributed by atoms with Crippen LogP contribution in [0, 0.1) is 5.41 Å². The summed E-state index contributed by atoms with van der Waals surface area (Å²) in [5, 5.41) is 17.7. The second-order valence-electron chi connectivity index (χ2n) is 11.2. The van der Waals surface area contributed by atoms with Crippen LogP contribution < -0.4 is 21.5 Å². The van der Waals surface area contributed by atoms with Crippen molar-refractivity contribution in [3.8, 4) is 0 Å². The van der Waals surface area contributed by atoms with Crippen LogP contribution >= 0.6 is 0 Å². The van der Waals surface area contributed by atoms with E-state index in [1.807, 2.05) is 32.2 Å². The van der Waals surface area contributed by atoms with Crippen molar-refractivity contribution in [1.29, 1.82) is 0 Å². The van der Waals surface area contributed by atoms with Gasteiger partial charge in [-0.2, -0.15) is 0 Å². The summed E-state index contributed by atoms with van der Waals surface area (Å²) in [5.41, 5.74) is 6.89. The van der Waals surface area contributed by atoms with Gasteiger partial charge in [0.05, 0.1) is 11.7 Å². The summed E-state index contributed by atoms with van der Waals surface area (Å²) in [5.74, 6) is 1.83. The summed E-state index contributed by atoms with van der Waals surface area (Å²) in [6, 6.07) is 7.12. The Balaban J connectivity index is 1.35. The SMILES string of the molecule is CC1CC(Nc2cc3ncccc3c(NC3C[C@H]4CCC[C@@H](C3)N4C(=O)C(C)(C)CCO)n2)NN1. The molecule has 1 amide bonds. The van der Waals surface area contributed by atoms with E-state index in [1.165, 1.54) is 0 Å². The molecule has 190 valence electrons. The first-order chi connectivity index (χ1) is 16.8. The summed E-state index contributed by atoms with van der Waals surface area (Å²) >= 11 is 0. The largest absolute Gasteiger partial charge is 0.396 e. The van der Waals surface area contributed by atoms with Crippen LogP contribution in [0.4, 0.5) is 11.6 Å². The highest BCUT2D eigenvalue weighted by Crippen LogP contribution is 2.39. The average molecular weight is 482 g/mol. The quantitative estimate of drug-likeness (QED) is 0.410. The summed E-state index contributed by atoms with van der Waals surface area (Å²) < 4.78 is 0. The summed E-state index contributed by atoms with van der Waals surface area (Å²) in [4.78, 5) is 25.2. The minimum Gasteiger partial charge on any atom is -0.396 e. The molecule has 5 rings (SSSR count). The molecule has 3 aliphatic rings. The van der Waals surface area contributed by atoms with E-state index < -0.39 is 5.41 Å². The number of hydrogen-bond acceptors (Lipinski definition) is 8. The Kier molecular flexibility index (Phi) is 6.83. The number of hydrogen-bond donors (Lipinski definition) is 5. The number of pyridine rings is 2. The molecule has 0 saturated carbocycles. The van der Waals surface area contributed by atoms with Crippen LogP contribution in [-0.4, -0.2) is 62.8 Å². The van der Waals surface area contributed by atoms with Crippen LogP contribution in [0.3, 0.4) is 0 Å². The molecule has 0 radical (unpaired) electrons. The molecule has 0 aromatic carbocycles. The van der Waals surface area contributed by atoms with Gasteiger partial charge < -0.3 is 20.6 Å². The van der Waals surface area contributed by atoms with Crippen molar-refractivity contribution < 1.29 is 9.90 Å². The number of hydrazine groups is 1. The highest BCUT2D eigenvalue weighted by atomic mass is 16.3. The molecular formula is C26H39N7O2. The number of aliphatic hydroxyl groups excluding tert-OH is 1. The van der Waals surface area contributed by atoms with Crippen molar-refractivity contribution in [2.24, 2.45) is 5.41 Å². The molecule has 2 aromatic rings. The molecule has 9 heteroatoms. The van der Waals surface area contributed by atoms with Crippen LogP contribution in [0.2, 0.25) is 0 Å². The predicted octanol–water partition coefficient (Wildman–Crippen LogP) is 2.99. The zero-order valence-electron chi connectivity index (χ0n) is 21.1. The third kappa shape index (κ3) is 5.08. The monoisotopic (exact) mass is 481 g/mol. The molecule has 0 spiro atoms. The number of carbonyl (C=O) groups is 1. The number of aliphatic hydroxyl groups is 1. The number of fused-ring (bicyclic) bond motifs is 3. The first-order valence-corrected chi connectivity index (χ1v) is 13.1. The molecule has 3 fully saturated rings. The molecule has 2 bridgehead atoms. The molecule has 3 saturated heterocycles. The van der Waals surface area contributed by atoms with Crippen molar-refractivity contribution in [3.05, 3.63) is 24.4 Å². The maximum atomic E-state index is 13.5. The van der Waals surface area contributed by atoms with E-state index in [0.29, 0.717) is 12.5 Å². The summed E-state index contributed by atoms with van der Waals surface area (Å²) in [6.45, 7) is 6.11. The van der Waals surface area contributed by atoms with Gasteiger partial charge in [-0.1, -0.05) is 13.8 Å². The van der Waals surface area contributed by atoms with E-state index in [4.69, 9.17) is 4.98 Å². The standard InChI is InChI=1S/C26H39N7O2/c1-16-12-23(32-31-16)29-22-15-21-20(8-5-10-27-21)24(30-22)28-17-13-18-6-4-7-19(14-17)33(18)25(35)26(2,3)9-11-34/h5,8,10,15-19,23,31-32,34H,4,6-7,9,11-14H2,1-3H3,(H2,28,29,30)/t16?,17?,18-,19+,23?. The molecule has 0 aliphatic carbocycles. The Morgan fingerprint density at radius 1 is 1.20 bits per heavy atom. The van der Waals surface area contributed by atoms with Gasteiger partial charge in [-0.3, -0.25) is 15.2 Å². The molecule has 9 nitrogen and oxygen atoms in total. The van der Waals surface area contributed by atoms with Crippen molar-refractivity contribution in [2.75, 3.05) is 17.2 Å². The van der Waals surface area contributed by atoms with Crippen LogP contribution in [0.15, 0.2) is 24.4 Å². The number of nitrogens with zero attached hydrogens (tertiary/aromatic N) is 3. The second kappa shape index (κ2) is 9.87. The predicted molar refractivity (Wildman–Crippen MR) is 138 cm³/mol. The lowest BCUT2D eigenvalue weighted by Gasteiger charge is -2.51. The number of anilines is 2. The minimum absolute atomic E-state index is 0.0363. The average Bonchev–Trinajstić information content (AvgIpc) is 3.22. The van der Waals surface area contributed by atoms with Crippen LogP contribution in [0.5, 0.6) is 0 Å². The normalized spacial score (nSPS) is 28.8. The van der Waals surface area contributed by atoms with Crippen molar-refractivity contribution in [2.45, 2.75) is 96.1 Å². The van der Waals surface area contributed by atoms with Gasteiger partial charge in [0.25, 0.3) is 0 Å². The van der Waals surface area contributed by atoms with E-state index >= 15 is 0 Å². The zero-order chi connectivity index (χ0) is 24.6. The number of aromatic nitrogens is 2. The third-order valence-electron chi connectivity index (χ3n) is 7.88. The van der Waals surface area contributed by atoms with Gasteiger partial charge in [0.15, 0.2) is 0 Å². The fraction of sp³-hybridized carbons (Fsp3) is 0.654. The molecular weight excluding hydrogens is 442 g/mol. The van der Waals surface area contributed by atoms with Gasteiger partial charge in [0.2, 0.25) is 5.91 Å². The number of amides is 1. The Labute approximate surface area is 207 Å². The van der Waals surface area contributed by atoms with Gasteiger partial charge in [-0.15, -0.1) is 0 Å². The van der Waals surface area contributed by atoms with E-state index in [-0.39, 0.29) is 36.8 Å². The number of carbonyl (C=O) groups excluding carboxylic acids is 1. The zero-order valence-corrected chi connectivity index (χ0v) is 21.1. The van der Waals surface area contributed by atoms with E-state index in [0.717, 1.165) is 61.1 Å². The molecule has 2 aromatic heterocycles. The first-order valence-electron chi connectivity index (χ1n) is 13.1. The van der Waals surface area contributed by atoms with Crippen molar-refractivity contribution in [3.63, 3.8) is 0 Å². The smallest absolute Gasteiger partial charge is 0.228 e. The van der Waals surface area contributed by atoms with Gasteiger partial charge in [0.1, 0.15) is 11.6 Å². The number of piperidine rings is 2. The van der Waals surface area contributed by atoms with Gasteiger partial charge in [-0.05, 0) is 64.0 Å². The Bertz CT molecular complexity index is 1050. The first kappa shape index (κ1) is 24.2. The molecule has 3 aliphatic heterocycles. The van der Waals surface area contributed by atoms with E-state index in [9.17, 15) is 9.90 Å².